The van der Waals surface area contributed by atoms with E-state index in [-0.39, 0.29) is 0 Å². The highest BCUT2D eigenvalue weighted by atomic mass is 32.1. The Bertz CT molecular complexity index is 3240. The summed E-state index contributed by atoms with van der Waals surface area (Å²) in [5.74, 6) is 0. The van der Waals surface area contributed by atoms with Crippen molar-refractivity contribution in [3.63, 3.8) is 0 Å². The molecule has 10 aromatic carbocycles. The molecule has 0 fully saturated rings. The summed E-state index contributed by atoms with van der Waals surface area (Å²) < 4.78 is 2.60. The first-order chi connectivity index (χ1) is 27.8. The molecule has 0 N–H and O–H groups in total. The van der Waals surface area contributed by atoms with Gasteiger partial charge in [0.25, 0.3) is 0 Å². The van der Waals surface area contributed by atoms with E-state index in [1.807, 2.05) is 11.3 Å². The van der Waals surface area contributed by atoms with Crippen molar-refractivity contribution in [2.75, 3.05) is 4.90 Å². The largest absolute Gasteiger partial charge is 0.310 e. The van der Waals surface area contributed by atoms with Gasteiger partial charge in [0, 0.05) is 36.9 Å². The average Bonchev–Trinajstić information content (AvgIpc) is 3.65. The summed E-state index contributed by atoms with van der Waals surface area (Å²) >= 11 is 1.86. The Morgan fingerprint density at radius 2 is 0.768 bits per heavy atom. The highest BCUT2D eigenvalue weighted by molar-refractivity contribution is 7.25. The average molecular weight is 730 g/mol. The quantitative estimate of drug-likeness (QED) is 0.154. The molecule has 1 aromatic heterocycles. The van der Waals surface area contributed by atoms with E-state index >= 15 is 0 Å². The third-order valence-corrected chi connectivity index (χ3v) is 12.4. The Hall–Kier alpha value is -7.00. The number of benzene rings is 10. The number of anilines is 3. The van der Waals surface area contributed by atoms with Gasteiger partial charge in [0.1, 0.15) is 0 Å². The molecule has 0 atom stereocenters. The number of fused-ring (bicyclic) bond motifs is 7. The first kappa shape index (κ1) is 32.4. The fraction of sp³-hybridized carbons (Fsp3) is 0. The van der Waals surface area contributed by atoms with E-state index in [2.05, 4.69) is 217 Å². The van der Waals surface area contributed by atoms with Crippen LogP contribution in [0.2, 0.25) is 0 Å². The fourth-order valence-corrected chi connectivity index (χ4v) is 9.84. The minimum absolute atomic E-state index is 1.11. The highest BCUT2D eigenvalue weighted by Crippen LogP contribution is 2.49. The van der Waals surface area contributed by atoms with E-state index in [9.17, 15) is 0 Å². The number of nitrogens with zero attached hydrogens (tertiary/aromatic N) is 1. The van der Waals surface area contributed by atoms with Crippen LogP contribution in [0.5, 0.6) is 0 Å². The molecule has 11 rings (SSSR count). The van der Waals surface area contributed by atoms with Crippen LogP contribution in [0.15, 0.2) is 212 Å². The first-order valence-corrected chi connectivity index (χ1v) is 20.0. The second-order valence-corrected chi connectivity index (χ2v) is 15.5. The Morgan fingerprint density at radius 3 is 1.46 bits per heavy atom. The maximum atomic E-state index is 2.48. The van der Waals surface area contributed by atoms with Crippen LogP contribution in [-0.2, 0) is 0 Å². The standard InChI is InChI=1S/C54H35NS/c1-4-16-36(17-5-1)41-31-32-50(45-24-12-10-22-42(41)45)55(40-29-33-52-48(34-40)46-25-14-15-27-51(46)56-52)39-28-30-44-43-23-11-13-26-47(43)53(37-18-6-2-7-19-37)54(49(44)35-39)38-20-8-3-9-21-38/h1-35H. The van der Waals surface area contributed by atoms with Crippen LogP contribution in [0.4, 0.5) is 17.1 Å². The van der Waals surface area contributed by atoms with E-state index in [0.29, 0.717) is 0 Å². The molecule has 0 spiro atoms. The lowest BCUT2D eigenvalue weighted by atomic mass is 9.85. The molecule has 0 aliphatic rings. The molecule has 1 heterocycles. The summed E-state index contributed by atoms with van der Waals surface area (Å²) in [5.41, 5.74) is 10.7. The van der Waals surface area contributed by atoms with E-state index in [4.69, 9.17) is 0 Å². The lowest BCUT2D eigenvalue weighted by Crippen LogP contribution is -2.11. The molecule has 262 valence electrons. The molecule has 0 amide bonds. The Kier molecular flexibility index (Phi) is 7.75. The van der Waals surface area contributed by atoms with Gasteiger partial charge in [-0.05, 0) is 103 Å². The fourth-order valence-electron chi connectivity index (χ4n) is 8.76. The van der Waals surface area contributed by atoms with Gasteiger partial charge in [-0.1, -0.05) is 170 Å². The molecular weight excluding hydrogens is 695 g/mol. The van der Waals surface area contributed by atoms with Crippen molar-refractivity contribution in [2.24, 2.45) is 0 Å². The van der Waals surface area contributed by atoms with Crippen LogP contribution >= 0.6 is 11.3 Å². The Labute approximate surface area is 330 Å². The number of hydrogen-bond acceptors (Lipinski definition) is 2. The second kappa shape index (κ2) is 13.4. The van der Waals surface area contributed by atoms with E-state index in [1.54, 1.807) is 0 Å². The van der Waals surface area contributed by atoms with Crippen LogP contribution < -0.4 is 4.90 Å². The summed E-state index contributed by atoms with van der Waals surface area (Å²) in [6, 6.07) is 77.8. The maximum Gasteiger partial charge on any atom is 0.0540 e. The van der Waals surface area contributed by atoms with Crippen LogP contribution in [-0.4, -0.2) is 0 Å². The first-order valence-electron chi connectivity index (χ1n) is 19.2. The molecule has 1 nitrogen and oxygen atoms in total. The van der Waals surface area contributed by atoms with Crippen molar-refractivity contribution in [3.05, 3.63) is 212 Å². The number of thiophene rings is 1. The smallest absolute Gasteiger partial charge is 0.0540 e. The molecule has 0 unspecified atom stereocenters. The molecule has 56 heavy (non-hydrogen) atoms. The lowest BCUT2D eigenvalue weighted by molar-refractivity contribution is 1.31. The molecule has 11 aromatic rings. The van der Waals surface area contributed by atoms with Crippen LogP contribution in [0, 0.1) is 0 Å². The summed E-state index contributed by atoms with van der Waals surface area (Å²) in [5, 5.41) is 9.98. The van der Waals surface area contributed by atoms with Crippen molar-refractivity contribution in [2.45, 2.75) is 0 Å². The van der Waals surface area contributed by atoms with Crippen LogP contribution in [0.25, 0.3) is 85.9 Å². The SMILES string of the molecule is c1ccc(-c2ccc(N(c3ccc4c(c3)c(-c3ccccc3)c(-c3ccccc3)c3ccccc34)c3ccc4sc5ccccc5c4c3)c3ccccc23)cc1. The summed E-state index contributed by atoms with van der Waals surface area (Å²) in [6.07, 6.45) is 0. The molecule has 0 radical (unpaired) electrons. The van der Waals surface area contributed by atoms with Gasteiger partial charge in [0.05, 0.1) is 5.69 Å². The van der Waals surface area contributed by atoms with Crippen molar-refractivity contribution in [1.82, 2.24) is 0 Å². The van der Waals surface area contributed by atoms with E-state index in [1.165, 1.54) is 85.9 Å². The van der Waals surface area contributed by atoms with Gasteiger partial charge in [0.15, 0.2) is 0 Å². The highest BCUT2D eigenvalue weighted by Gasteiger charge is 2.22. The summed E-state index contributed by atoms with van der Waals surface area (Å²) in [4.78, 5) is 2.48. The molecule has 0 aliphatic heterocycles. The van der Waals surface area contributed by atoms with Crippen LogP contribution in [0.1, 0.15) is 0 Å². The lowest BCUT2D eigenvalue weighted by Gasteiger charge is -2.29. The van der Waals surface area contributed by atoms with Gasteiger partial charge in [-0.15, -0.1) is 11.3 Å². The van der Waals surface area contributed by atoms with Gasteiger partial charge in [-0.2, -0.15) is 0 Å². The van der Waals surface area contributed by atoms with Gasteiger partial charge >= 0.3 is 0 Å². The molecule has 2 heteroatoms. The van der Waals surface area contributed by atoms with Gasteiger partial charge < -0.3 is 4.90 Å². The van der Waals surface area contributed by atoms with Gasteiger partial charge in [0.2, 0.25) is 0 Å². The minimum Gasteiger partial charge on any atom is -0.310 e. The predicted octanol–water partition coefficient (Wildman–Crippen LogP) is 16.0. The number of rotatable bonds is 6. The topological polar surface area (TPSA) is 3.24 Å². The summed E-state index contributed by atoms with van der Waals surface area (Å²) in [7, 11) is 0. The molecule has 0 saturated heterocycles. The molecule has 0 saturated carbocycles. The zero-order valence-corrected chi connectivity index (χ0v) is 31.4. The third-order valence-electron chi connectivity index (χ3n) is 11.2. The molecule has 0 aliphatic carbocycles. The minimum atomic E-state index is 1.11. The zero-order valence-electron chi connectivity index (χ0n) is 30.6. The monoisotopic (exact) mass is 729 g/mol. The normalized spacial score (nSPS) is 11.6. The maximum absolute atomic E-state index is 2.48. The Morgan fingerprint density at radius 1 is 0.286 bits per heavy atom. The van der Waals surface area contributed by atoms with E-state index < -0.39 is 0 Å². The second-order valence-electron chi connectivity index (χ2n) is 14.4. The van der Waals surface area contributed by atoms with E-state index in [0.717, 1.165) is 17.1 Å². The van der Waals surface area contributed by atoms with Crippen molar-refractivity contribution in [1.29, 1.82) is 0 Å². The predicted molar refractivity (Wildman–Crippen MR) is 243 cm³/mol. The zero-order chi connectivity index (χ0) is 37.0. The van der Waals surface area contributed by atoms with Crippen molar-refractivity contribution >= 4 is 80.9 Å². The van der Waals surface area contributed by atoms with Crippen molar-refractivity contribution < 1.29 is 0 Å². The third kappa shape index (κ3) is 5.30. The summed E-state index contributed by atoms with van der Waals surface area (Å²) in [6.45, 7) is 0. The van der Waals surface area contributed by atoms with Gasteiger partial charge in [-0.3, -0.25) is 0 Å². The van der Waals surface area contributed by atoms with Crippen LogP contribution in [0.3, 0.4) is 0 Å². The van der Waals surface area contributed by atoms with Crippen molar-refractivity contribution in [3.8, 4) is 33.4 Å². The number of hydrogen-bond donors (Lipinski definition) is 0. The van der Waals surface area contributed by atoms with Gasteiger partial charge in [-0.25, -0.2) is 0 Å². The molecule has 0 bridgehead atoms. The Balaban J connectivity index is 1.24. The molecular formula is C54H35NS.